The Morgan fingerprint density at radius 2 is 1.94 bits per heavy atom. The Hall–Kier alpha value is -3.15. The van der Waals surface area contributed by atoms with Crippen LogP contribution >= 0.6 is 25.1 Å². The van der Waals surface area contributed by atoms with E-state index in [0.717, 1.165) is 23.2 Å². The van der Waals surface area contributed by atoms with Crippen LogP contribution in [-0.4, -0.2) is 40.3 Å². The van der Waals surface area contributed by atoms with Crippen molar-refractivity contribution in [2.75, 3.05) is 6.26 Å². The molecule has 0 aliphatic carbocycles. The van der Waals surface area contributed by atoms with Crippen LogP contribution in [0.3, 0.4) is 0 Å². The molecular formula is C19H16ClF3N6O3S2. The second-order valence-electron chi connectivity index (χ2n) is 6.86. The highest BCUT2D eigenvalue weighted by molar-refractivity contribution is 7.90. The van der Waals surface area contributed by atoms with Crippen LogP contribution in [0.15, 0.2) is 41.4 Å². The molecule has 0 saturated heterocycles. The molecule has 1 amide bonds. The molecule has 15 heteroatoms. The van der Waals surface area contributed by atoms with Crippen molar-refractivity contribution in [2.24, 2.45) is 0 Å². The first-order valence-corrected chi connectivity index (χ1v) is 11.3. The molecule has 0 aliphatic rings. The van der Waals surface area contributed by atoms with E-state index in [0.29, 0.717) is 0 Å². The molecule has 0 fully saturated rings. The molecule has 9 nitrogen and oxygen atoms in total. The minimum absolute atomic E-state index is 0. The maximum Gasteiger partial charge on any atom is 0.453 e. The highest BCUT2D eigenvalue weighted by Crippen LogP contribution is 2.28. The lowest BCUT2D eigenvalue weighted by molar-refractivity contribution is -0.144. The number of rotatable bonds is 5. The number of alkyl halides is 3. The lowest BCUT2D eigenvalue weighted by atomic mass is 10.2. The highest BCUT2D eigenvalue weighted by Gasteiger charge is 2.38. The van der Waals surface area contributed by atoms with Gasteiger partial charge in [-0.05, 0) is 37.3 Å². The van der Waals surface area contributed by atoms with Gasteiger partial charge >= 0.3 is 6.18 Å². The Kier molecular flexibility index (Phi) is 7.97. The second-order valence-corrected chi connectivity index (χ2v) is 9.32. The van der Waals surface area contributed by atoms with Gasteiger partial charge in [0.05, 0.1) is 16.5 Å². The van der Waals surface area contributed by atoms with E-state index in [-0.39, 0.29) is 46.2 Å². The van der Waals surface area contributed by atoms with Crippen LogP contribution in [0.2, 0.25) is 5.02 Å². The molecule has 2 aromatic heterocycles. The molecule has 3 rings (SSSR count). The summed E-state index contributed by atoms with van der Waals surface area (Å²) < 4.78 is 64.1. The van der Waals surface area contributed by atoms with Crippen molar-refractivity contribution in [1.82, 2.24) is 25.1 Å². The van der Waals surface area contributed by atoms with Gasteiger partial charge in [0.1, 0.15) is 6.07 Å². The third kappa shape index (κ3) is 6.04. The standard InChI is InChI=1S/C19H14ClF3N6O3S.H2S/c1-10(26-17(30)12-5-13(20)7-14(6-12)33(2,31)32)16-27-18(19(21,22)23)28-29(16)15-4-3-11(8-24)9-25-15;/h3-7,9-10H,1-2H3,(H,26,30);1H2/t10-;/m1./s1. The maximum absolute atomic E-state index is 13.2. The van der Waals surface area contributed by atoms with E-state index in [1.54, 1.807) is 0 Å². The molecule has 1 aromatic carbocycles. The van der Waals surface area contributed by atoms with Gasteiger partial charge in [-0.15, -0.1) is 5.10 Å². The quantitative estimate of drug-likeness (QED) is 0.534. The van der Waals surface area contributed by atoms with E-state index < -0.39 is 33.8 Å². The van der Waals surface area contributed by atoms with Crippen molar-refractivity contribution in [2.45, 2.75) is 24.0 Å². The number of halogens is 4. The minimum Gasteiger partial charge on any atom is -0.342 e. The van der Waals surface area contributed by atoms with Crippen LogP contribution < -0.4 is 5.32 Å². The van der Waals surface area contributed by atoms with Crippen molar-refractivity contribution in [3.63, 3.8) is 0 Å². The molecule has 0 aliphatic heterocycles. The number of hydrogen-bond donors (Lipinski definition) is 1. The Morgan fingerprint density at radius 3 is 2.47 bits per heavy atom. The third-order valence-electron chi connectivity index (χ3n) is 4.28. The predicted molar refractivity (Wildman–Crippen MR) is 120 cm³/mol. The average molecular weight is 533 g/mol. The minimum atomic E-state index is -4.87. The van der Waals surface area contributed by atoms with Crippen LogP contribution in [0, 0.1) is 11.3 Å². The van der Waals surface area contributed by atoms with Crippen molar-refractivity contribution in [3.05, 3.63) is 64.3 Å². The van der Waals surface area contributed by atoms with Crippen LogP contribution in [0.5, 0.6) is 0 Å². The Bertz CT molecular complexity index is 1370. The summed E-state index contributed by atoms with van der Waals surface area (Å²) in [5.74, 6) is -2.61. The number of carbonyl (C=O) groups is 1. The molecule has 0 spiro atoms. The zero-order valence-corrected chi connectivity index (χ0v) is 20.0. The first-order chi connectivity index (χ1) is 15.3. The Labute approximate surface area is 204 Å². The summed E-state index contributed by atoms with van der Waals surface area (Å²) in [6.07, 6.45) is -2.78. The van der Waals surface area contributed by atoms with Crippen molar-refractivity contribution >= 4 is 40.8 Å². The number of nitrogens with one attached hydrogen (secondary N) is 1. The first-order valence-electron chi connectivity index (χ1n) is 9.02. The van der Waals surface area contributed by atoms with Crippen LogP contribution in [0.4, 0.5) is 13.2 Å². The van der Waals surface area contributed by atoms with E-state index >= 15 is 0 Å². The fourth-order valence-electron chi connectivity index (χ4n) is 2.72. The van der Waals surface area contributed by atoms with Gasteiger partial charge < -0.3 is 5.32 Å². The van der Waals surface area contributed by atoms with Crippen LogP contribution in [0.1, 0.15) is 40.5 Å². The summed E-state index contributed by atoms with van der Waals surface area (Å²) in [6, 6.07) is 6.82. The molecule has 0 unspecified atom stereocenters. The van der Waals surface area contributed by atoms with Gasteiger partial charge in [-0.3, -0.25) is 4.79 Å². The smallest absolute Gasteiger partial charge is 0.342 e. The number of nitriles is 1. The normalized spacial score (nSPS) is 12.4. The van der Waals surface area contributed by atoms with Gasteiger partial charge in [0.25, 0.3) is 11.7 Å². The van der Waals surface area contributed by atoms with Gasteiger partial charge in [0.15, 0.2) is 21.5 Å². The number of pyridine rings is 1. The molecule has 0 bridgehead atoms. The van der Waals surface area contributed by atoms with Crippen molar-refractivity contribution in [1.29, 1.82) is 5.26 Å². The first kappa shape index (κ1) is 27.1. The van der Waals surface area contributed by atoms with E-state index in [1.165, 1.54) is 31.2 Å². The van der Waals surface area contributed by atoms with Gasteiger partial charge in [0, 0.05) is 23.0 Å². The monoisotopic (exact) mass is 532 g/mol. The van der Waals surface area contributed by atoms with Gasteiger partial charge in [-0.25, -0.2) is 18.4 Å². The number of aromatic nitrogens is 4. The molecule has 34 heavy (non-hydrogen) atoms. The van der Waals surface area contributed by atoms with E-state index in [9.17, 15) is 26.4 Å². The van der Waals surface area contributed by atoms with Gasteiger partial charge in [-0.2, -0.15) is 36.6 Å². The molecular weight excluding hydrogens is 517 g/mol. The lowest BCUT2D eigenvalue weighted by Gasteiger charge is -2.15. The van der Waals surface area contributed by atoms with Gasteiger partial charge in [0.2, 0.25) is 0 Å². The highest BCUT2D eigenvalue weighted by atomic mass is 35.5. The molecule has 3 aromatic rings. The number of benzene rings is 1. The zero-order chi connectivity index (χ0) is 24.6. The fourth-order valence-corrected chi connectivity index (χ4v) is 3.70. The second kappa shape index (κ2) is 10.00. The van der Waals surface area contributed by atoms with Crippen molar-refractivity contribution < 1.29 is 26.4 Å². The topological polar surface area (TPSA) is 131 Å². The van der Waals surface area contributed by atoms with Gasteiger partial charge in [-0.1, -0.05) is 11.6 Å². The van der Waals surface area contributed by atoms with Crippen LogP contribution in [0.25, 0.3) is 5.82 Å². The molecule has 0 radical (unpaired) electrons. The summed E-state index contributed by atoms with van der Waals surface area (Å²) in [4.78, 5) is 19.9. The van der Waals surface area contributed by atoms with E-state index in [1.807, 2.05) is 6.07 Å². The summed E-state index contributed by atoms with van der Waals surface area (Å²) in [5, 5.41) is 14.8. The molecule has 2 heterocycles. The SMILES string of the molecule is C[C@@H](NC(=O)c1cc(Cl)cc(S(C)(=O)=O)c1)c1nc(C(F)(F)F)nn1-c1ccc(C#N)cn1.S. The summed E-state index contributed by atoms with van der Waals surface area (Å²) in [5.41, 5.74) is 0.0637. The summed E-state index contributed by atoms with van der Waals surface area (Å²) in [6.45, 7) is 1.37. The maximum atomic E-state index is 13.2. The summed E-state index contributed by atoms with van der Waals surface area (Å²) in [7, 11) is -3.67. The average Bonchev–Trinajstić information content (AvgIpc) is 3.19. The largest absolute Gasteiger partial charge is 0.453 e. The Morgan fingerprint density at radius 1 is 1.26 bits per heavy atom. The number of nitrogens with zero attached hydrogens (tertiary/aromatic N) is 5. The number of sulfone groups is 1. The molecule has 1 atom stereocenters. The molecule has 1 N–H and O–H groups in total. The summed E-state index contributed by atoms with van der Waals surface area (Å²) >= 11 is 5.91. The van der Waals surface area contributed by atoms with E-state index in [2.05, 4.69) is 20.4 Å². The van der Waals surface area contributed by atoms with Crippen LogP contribution in [-0.2, 0) is 16.0 Å². The fraction of sp³-hybridized carbons (Fsp3) is 0.211. The Balaban J connectivity index is 0.00000408. The van der Waals surface area contributed by atoms with Crippen molar-refractivity contribution in [3.8, 4) is 11.9 Å². The number of amides is 1. The van der Waals surface area contributed by atoms with E-state index in [4.69, 9.17) is 16.9 Å². The molecule has 0 saturated carbocycles. The zero-order valence-electron chi connectivity index (χ0n) is 17.4. The number of hydrogen-bond acceptors (Lipinski definition) is 7. The number of carbonyl (C=O) groups excluding carboxylic acids is 1. The lowest BCUT2D eigenvalue weighted by Crippen LogP contribution is -2.29. The third-order valence-corrected chi connectivity index (χ3v) is 5.59. The molecule has 180 valence electrons. The predicted octanol–water partition coefficient (Wildman–Crippen LogP) is 3.21.